The van der Waals surface area contributed by atoms with Gasteiger partial charge in [-0.2, -0.15) is 5.10 Å². The van der Waals surface area contributed by atoms with Crippen molar-refractivity contribution in [3.05, 3.63) is 77.0 Å². The third-order valence-corrected chi connectivity index (χ3v) is 6.04. The number of carbonyl (C=O) groups is 1. The minimum absolute atomic E-state index is 0.102. The Labute approximate surface area is 182 Å². The van der Waals surface area contributed by atoms with E-state index in [0.29, 0.717) is 5.82 Å². The lowest BCUT2D eigenvalue weighted by Crippen LogP contribution is -2.48. The number of hydrogen-bond donors (Lipinski definition) is 2. The maximum absolute atomic E-state index is 14.2. The average Bonchev–Trinajstić information content (AvgIpc) is 3.31. The van der Waals surface area contributed by atoms with Crippen molar-refractivity contribution in [3.8, 4) is 5.82 Å². The zero-order valence-corrected chi connectivity index (χ0v) is 17.3. The van der Waals surface area contributed by atoms with E-state index in [-0.39, 0.29) is 41.8 Å². The molecule has 2 heterocycles. The van der Waals surface area contributed by atoms with E-state index in [1.807, 2.05) is 0 Å². The Bertz CT molecular complexity index is 1070. The topological polar surface area (TPSA) is 80.0 Å². The fraction of sp³-hybridized carbons (Fsp3) is 0.318. The molecule has 0 aliphatic heterocycles. The number of alkyl halides is 1. The van der Waals surface area contributed by atoms with Crippen molar-refractivity contribution in [1.29, 1.82) is 0 Å². The molecular weight excluding hydrogens is 426 g/mol. The first-order valence-electron chi connectivity index (χ1n) is 9.95. The third kappa shape index (κ3) is 4.31. The lowest BCUT2D eigenvalue weighted by molar-refractivity contribution is -0.0445. The van der Waals surface area contributed by atoms with Crippen LogP contribution in [0.5, 0.6) is 0 Å². The highest BCUT2D eigenvalue weighted by Gasteiger charge is 2.43. The minimum atomic E-state index is -1.48. The second-order valence-corrected chi connectivity index (χ2v) is 8.03. The van der Waals surface area contributed by atoms with E-state index in [2.05, 4.69) is 15.4 Å². The van der Waals surface area contributed by atoms with Gasteiger partial charge < -0.3 is 10.4 Å². The highest BCUT2D eigenvalue weighted by molar-refractivity contribution is 6.31. The number of amides is 1. The molecule has 1 aliphatic rings. The predicted octanol–water partition coefficient (Wildman–Crippen LogP) is 4.17. The number of hydrogen-bond acceptors (Lipinski definition) is 4. The van der Waals surface area contributed by atoms with E-state index >= 15 is 0 Å². The molecule has 162 valence electrons. The molecule has 4 rings (SSSR count). The SMILES string of the molecule is O=C(NC(c1cccc(F)c1Cl)[C@]1(O)CC[C@H](F)CC1)c1cccnc1-n1cccn1. The summed E-state index contributed by atoms with van der Waals surface area (Å²) in [5, 5.41) is 18.1. The van der Waals surface area contributed by atoms with Gasteiger partial charge in [0.2, 0.25) is 0 Å². The van der Waals surface area contributed by atoms with Crippen molar-refractivity contribution < 1.29 is 18.7 Å². The largest absolute Gasteiger partial charge is 0.387 e. The number of aromatic nitrogens is 3. The minimum Gasteiger partial charge on any atom is -0.387 e. The van der Waals surface area contributed by atoms with Crippen LogP contribution < -0.4 is 5.32 Å². The van der Waals surface area contributed by atoms with E-state index in [4.69, 9.17) is 11.6 Å². The summed E-state index contributed by atoms with van der Waals surface area (Å²) in [7, 11) is 0. The summed E-state index contributed by atoms with van der Waals surface area (Å²) in [4.78, 5) is 17.5. The molecule has 1 aromatic carbocycles. The molecular formula is C22H21ClF2N4O2. The predicted molar refractivity (Wildman–Crippen MR) is 111 cm³/mol. The van der Waals surface area contributed by atoms with Crippen molar-refractivity contribution in [2.24, 2.45) is 0 Å². The molecule has 3 aromatic rings. The number of pyridine rings is 1. The van der Waals surface area contributed by atoms with Crippen molar-refractivity contribution in [3.63, 3.8) is 0 Å². The zero-order valence-electron chi connectivity index (χ0n) is 16.5. The summed E-state index contributed by atoms with van der Waals surface area (Å²) >= 11 is 6.20. The van der Waals surface area contributed by atoms with Gasteiger partial charge in [-0.05, 0) is 55.5 Å². The highest BCUT2D eigenvalue weighted by Crippen LogP contribution is 2.42. The molecule has 2 aromatic heterocycles. The van der Waals surface area contributed by atoms with E-state index in [1.165, 1.54) is 23.0 Å². The van der Waals surface area contributed by atoms with Gasteiger partial charge in [0.25, 0.3) is 5.91 Å². The van der Waals surface area contributed by atoms with Crippen molar-refractivity contribution in [1.82, 2.24) is 20.1 Å². The monoisotopic (exact) mass is 446 g/mol. The third-order valence-electron chi connectivity index (χ3n) is 5.64. The average molecular weight is 447 g/mol. The van der Waals surface area contributed by atoms with Crippen LogP contribution in [0, 0.1) is 5.82 Å². The van der Waals surface area contributed by atoms with Gasteiger partial charge >= 0.3 is 0 Å². The van der Waals surface area contributed by atoms with Crippen molar-refractivity contribution >= 4 is 17.5 Å². The number of rotatable bonds is 5. The summed E-state index contributed by atoms with van der Waals surface area (Å²) in [5.74, 6) is -0.909. The van der Waals surface area contributed by atoms with Gasteiger partial charge in [-0.3, -0.25) is 4.79 Å². The molecule has 0 radical (unpaired) electrons. The number of aliphatic hydroxyl groups is 1. The smallest absolute Gasteiger partial charge is 0.255 e. The Kier molecular flexibility index (Phi) is 6.02. The second kappa shape index (κ2) is 8.72. The maximum Gasteiger partial charge on any atom is 0.255 e. The number of halogens is 3. The van der Waals surface area contributed by atoms with Gasteiger partial charge in [0.15, 0.2) is 5.82 Å². The maximum atomic E-state index is 14.2. The zero-order chi connectivity index (χ0) is 22.0. The normalized spacial score (nSPS) is 22.1. The molecule has 1 fully saturated rings. The molecule has 9 heteroatoms. The molecule has 31 heavy (non-hydrogen) atoms. The molecule has 0 saturated heterocycles. The fourth-order valence-electron chi connectivity index (χ4n) is 3.98. The molecule has 6 nitrogen and oxygen atoms in total. The second-order valence-electron chi connectivity index (χ2n) is 7.65. The van der Waals surface area contributed by atoms with Gasteiger partial charge in [-0.15, -0.1) is 0 Å². The van der Waals surface area contributed by atoms with Crippen molar-refractivity contribution in [2.45, 2.75) is 43.5 Å². The van der Waals surface area contributed by atoms with Crippen LogP contribution >= 0.6 is 11.6 Å². The first-order chi connectivity index (χ1) is 14.9. The van der Waals surface area contributed by atoms with Crippen LogP contribution in [0.2, 0.25) is 5.02 Å². The Balaban J connectivity index is 1.72. The first-order valence-corrected chi connectivity index (χ1v) is 10.3. The van der Waals surface area contributed by atoms with E-state index in [0.717, 1.165) is 0 Å². The Hall–Kier alpha value is -2.84. The molecule has 0 spiro atoms. The van der Waals surface area contributed by atoms with Crippen LogP contribution in [0.4, 0.5) is 8.78 Å². The van der Waals surface area contributed by atoms with E-state index in [9.17, 15) is 18.7 Å². The molecule has 2 N–H and O–H groups in total. The van der Waals surface area contributed by atoms with Crippen LogP contribution in [0.15, 0.2) is 55.0 Å². The molecule has 1 atom stereocenters. The Morgan fingerprint density at radius 3 is 2.71 bits per heavy atom. The number of nitrogens with zero attached hydrogens (tertiary/aromatic N) is 3. The van der Waals surface area contributed by atoms with Crippen LogP contribution in [0.3, 0.4) is 0 Å². The first kappa shape index (κ1) is 21.4. The lowest BCUT2D eigenvalue weighted by atomic mass is 9.76. The summed E-state index contributed by atoms with van der Waals surface area (Å²) in [6, 6.07) is 8.04. The van der Waals surface area contributed by atoms with Crippen LogP contribution in [0.1, 0.15) is 47.6 Å². The van der Waals surface area contributed by atoms with Crippen LogP contribution in [-0.4, -0.2) is 37.6 Å². The molecule has 1 amide bonds. The van der Waals surface area contributed by atoms with E-state index in [1.54, 1.807) is 36.7 Å². The fourth-order valence-corrected chi connectivity index (χ4v) is 4.21. The van der Waals surface area contributed by atoms with Crippen molar-refractivity contribution in [2.75, 3.05) is 0 Å². The Morgan fingerprint density at radius 2 is 2.00 bits per heavy atom. The Morgan fingerprint density at radius 1 is 1.23 bits per heavy atom. The van der Waals surface area contributed by atoms with Gasteiger partial charge in [-0.1, -0.05) is 23.7 Å². The van der Waals surface area contributed by atoms with Gasteiger partial charge in [0.1, 0.15) is 12.0 Å². The summed E-state index contributed by atoms with van der Waals surface area (Å²) < 4.78 is 29.4. The molecule has 1 aliphatic carbocycles. The quantitative estimate of drug-likeness (QED) is 0.616. The lowest BCUT2D eigenvalue weighted by Gasteiger charge is -2.41. The number of carbonyl (C=O) groups excluding carboxylic acids is 1. The standard InChI is InChI=1S/C22H21ClF2N4O2/c23-18-15(4-1-6-17(18)25)19(22(31)9-7-14(24)8-10-22)28-21(30)16-5-2-11-26-20(16)29-13-3-12-27-29/h1-6,11-14,19,31H,7-10H2,(H,28,30)/t14-,19?,22-. The van der Waals surface area contributed by atoms with E-state index < -0.39 is 29.5 Å². The van der Waals surface area contributed by atoms with Gasteiger partial charge in [0, 0.05) is 18.6 Å². The van der Waals surface area contributed by atoms with Crippen LogP contribution in [0.25, 0.3) is 5.82 Å². The molecule has 0 bridgehead atoms. The van der Waals surface area contributed by atoms with Gasteiger partial charge in [0.05, 0.1) is 22.2 Å². The summed E-state index contributed by atoms with van der Waals surface area (Å²) in [6.07, 6.45) is 4.20. The van der Waals surface area contributed by atoms with Crippen LogP contribution in [-0.2, 0) is 0 Å². The number of benzene rings is 1. The summed E-state index contributed by atoms with van der Waals surface area (Å²) in [5.41, 5.74) is -1.03. The summed E-state index contributed by atoms with van der Waals surface area (Å²) in [6.45, 7) is 0. The molecule has 1 unspecified atom stereocenters. The number of nitrogens with one attached hydrogen (secondary N) is 1. The van der Waals surface area contributed by atoms with Gasteiger partial charge in [-0.25, -0.2) is 18.4 Å². The highest BCUT2D eigenvalue weighted by atomic mass is 35.5. The molecule has 1 saturated carbocycles.